The number of rotatable bonds is 6. The van der Waals surface area contributed by atoms with Crippen molar-refractivity contribution in [3.8, 4) is 5.75 Å². The largest absolute Gasteiger partial charge is 0.507 e. The normalized spacial score (nSPS) is 17.9. The molecule has 4 rings (SSSR count). The number of halogens is 1. The molecule has 1 aliphatic heterocycles. The summed E-state index contributed by atoms with van der Waals surface area (Å²) >= 11 is 6.27. The molecule has 1 unspecified atom stereocenters. The summed E-state index contributed by atoms with van der Waals surface area (Å²) in [5.41, 5.74) is 1.03. The molecule has 7 heteroatoms. The van der Waals surface area contributed by atoms with Crippen LogP contribution in [0.25, 0.3) is 5.76 Å². The van der Waals surface area contributed by atoms with E-state index in [1.54, 1.807) is 24.3 Å². The lowest BCUT2D eigenvalue weighted by atomic mass is 9.95. The van der Waals surface area contributed by atoms with Gasteiger partial charge in [0.25, 0.3) is 11.7 Å². The van der Waals surface area contributed by atoms with Gasteiger partial charge in [0.1, 0.15) is 17.3 Å². The third kappa shape index (κ3) is 3.94. The molecular weight excluding hydrogens is 418 g/mol. The first-order chi connectivity index (χ1) is 15.0. The van der Waals surface area contributed by atoms with Gasteiger partial charge in [-0.15, -0.1) is 0 Å². The van der Waals surface area contributed by atoms with Gasteiger partial charge in [0.15, 0.2) is 0 Å². The zero-order chi connectivity index (χ0) is 22.0. The summed E-state index contributed by atoms with van der Waals surface area (Å²) in [4.78, 5) is 27.3. The van der Waals surface area contributed by atoms with Gasteiger partial charge in [0.05, 0.1) is 36.1 Å². The molecule has 2 aromatic carbocycles. The molecule has 31 heavy (non-hydrogen) atoms. The van der Waals surface area contributed by atoms with Crippen LogP contribution in [0.4, 0.5) is 0 Å². The Hall–Kier alpha value is -3.51. The fraction of sp³-hybridized carbons (Fsp3) is 0.167. The highest BCUT2D eigenvalue weighted by Crippen LogP contribution is 2.41. The minimum Gasteiger partial charge on any atom is -0.507 e. The minimum atomic E-state index is -0.767. The highest BCUT2D eigenvalue weighted by Gasteiger charge is 2.46. The summed E-state index contributed by atoms with van der Waals surface area (Å²) in [5.74, 6) is -0.753. The van der Waals surface area contributed by atoms with Crippen molar-refractivity contribution in [3.63, 3.8) is 0 Å². The van der Waals surface area contributed by atoms with E-state index in [2.05, 4.69) is 0 Å². The van der Waals surface area contributed by atoms with Crippen LogP contribution in [0.15, 0.2) is 76.9 Å². The number of ketones is 1. The second kappa shape index (κ2) is 8.70. The summed E-state index contributed by atoms with van der Waals surface area (Å²) in [6.07, 6.45) is 1.51. The maximum Gasteiger partial charge on any atom is 0.296 e. The number of benzene rings is 2. The van der Waals surface area contributed by atoms with E-state index < -0.39 is 17.7 Å². The maximum absolute atomic E-state index is 13.0. The van der Waals surface area contributed by atoms with Crippen LogP contribution in [-0.2, 0) is 16.1 Å². The van der Waals surface area contributed by atoms with Gasteiger partial charge in [-0.1, -0.05) is 41.9 Å². The molecule has 0 saturated carbocycles. The topological polar surface area (TPSA) is 80.0 Å². The van der Waals surface area contributed by atoms with Crippen molar-refractivity contribution in [2.75, 3.05) is 6.61 Å². The molecule has 1 aliphatic rings. The van der Waals surface area contributed by atoms with Crippen LogP contribution in [0.5, 0.6) is 5.75 Å². The van der Waals surface area contributed by atoms with Crippen LogP contribution in [0.3, 0.4) is 0 Å². The zero-order valence-corrected chi connectivity index (χ0v) is 17.5. The van der Waals surface area contributed by atoms with E-state index in [-0.39, 0.29) is 17.9 Å². The van der Waals surface area contributed by atoms with Crippen molar-refractivity contribution in [2.45, 2.75) is 19.5 Å². The molecule has 1 aromatic heterocycles. The fourth-order valence-corrected chi connectivity index (χ4v) is 3.91. The Morgan fingerprint density at radius 3 is 2.55 bits per heavy atom. The number of furan rings is 1. The number of Topliss-reactive ketones (excluding diaryl/α,β-unsaturated/α-hetero) is 1. The van der Waals surface area contributed by atoms with Crippen molar-refractivity contribution in [1.82, 2.24) is 4.90 Å². The maximum atomic E-state index is 13.0. The second-order valence-corrected chi connectivity index (χ2v) is 7.40. The summed E-state index contributed by atoms with van der Waals surface area (Å²) in [6, 6.07) is 16.5. The van der Waals surface area contributed by atoms with Gasteiger partial charge >= 0.3 is 0 Å². The monoisotopic (exact) mass is 437 g/mol. The van der Waals surface area contributed by atoms with Gasteiger partial charge in [0, 0.05) is 5.56 Å². The molecule has 2 heterocycles. The van der Waals surface area contributed by atoms with E-state index in [1.807, 2.05) is 37.3 Å². The SMILES string of the molecule is CCOc1ccc(/C(O)=C2/C(=O)C(=O)N(Cc3ccco3)C2c2ccccc2)cc1Cl. The minimum absolute atomic E-state index is 0.00276. The van der Waals surface area contributed by atoms with E-state index >= 15 is 0 Å². The van der Waals surface area contributed by atoms with E-state index in [9.17, 15) is 14.7 Å². The van der Waals surface area contributed by atoms with Gasteiger partial charge in [-0.05, 0) is 42.8 Å². The first-order valence-corrected chi connectivity index (χ1v) is 10.2. The van der Waals surface area contributed by atoms with Crippen molar-refractivity contribution in [3.05, 3.63) is 94.4 Å². The number of hydrogen-bond acceptors (Lipinski definition) is 5. The van der Waals surface area contributed by atoms with Crippen molar-refractivity contribution >= 4 is 29.1 Å². The smallest absolute Gasteiger partial charge is 0.296 e. The summed E-state index contributed by atoms with van der Waals surface area (Å²) in [5, 5.41) is 11.4. The number of aliphatic hydroxyl groups excluding tert-OH is 1. The van der Waals surface area contributed by atoms with Gasteiger partial charge in [0.2, 0.25) is 0 Å². The van der Waals surface area contributed by atoms with Crippen LogP contribution in [0, 0.1) is 0 Å². The third-order valence-corrected chi connectivity index (χ3v) is 5.36. The number of amides is 1. The molecular formula is C24H20ClNO5. The standard InChI is InChI=1S/C24H20ClNO5/c1-2-30-19-11-10-16(13-18(19)25)22(27)20-21(15-7-4-3-5-8-15)26(24(29)23(20)28)14-17-9-6-12-31-17/h3-13,21,27H,2,14H2,1H3/b22-20-. The van der Waals surface area contributed by atoms with E-state index in [0.717, 1.165) is 0 Å². The molecule has 0 bridgehead atoms. The van der Waals surface area contributed by atoms with Crippen LogP contribution >= 0.6 is 11.6 Å². The third-order valence-electron chi connectivity index (χ3n) is 5.07. The molecule has 0 aliphatic carbocycles. The van der Waals surface area contributed by atoms with E-state index in [4.69, 9.17) is 20.8 Å². The molecule has 158 valence electrons. The lowest BCUT2D eigenvalue weighted by Crippen LogP contribution is -2.29. The van der Waals surface area contributed by atoms with Gasteiger partial charge in [-0.3, -0.25) is 9.59 Å². The Balaban J connectivity index is 1.83. The molecule has 3 aromatic rings. The number of hydrogen-bond donors (Lipinski definition) is 1. The molecule has 0 radical (unpaired) electrons. The number of aliphatic hydroxyl groups is 1. The molecule has 0 spiro atoms. The van der Waals surface area contributed by atoms with Crippen LogP contribution in [0.2, 0.25) is 5.02 Å². The quantitative estimate of drug-likeness (QED) is 0.335. The number of likely N-dealkylation sites (tertiary alicyclic amines) is 1. The van der Waals surface area contributed by atoms with Crippen LogP contribution in [0.1, 0.15) is 29.9 Å². The lowest BCUT2D eigenvalue weighted by Gasteiger charge is -2.24. The first kappa shape index (κ1) is 20.8. The number of carbonyl (C=O) groups excluding carboxylic acids is 2. The number of nitrogens with zero attached hydrogens (tertiary/aromatic N) is 1. The Bertz CT molecular complexity index is 1140. The first-order valence-electron chi connectivity index (χ1n) is 9.79. The molecule has 1 fully saturated rings. The Morgan fingerprint density at radius 2 is 1.90 bits per heavy atom. The molecule has 1 amide bonds. The van der Waals surface area contributed by atoms with Gasteiger partial charge < -0.3 is 19.2 Å². The van der Waals surface area contributed by atoms with Crippen molar-refractivity contribution in [2.24, 2.45) is 0 Å². The summed E-state index contributed by atoms with van der Waals surface area (Å²) < 4.78 is 10.8. The van der Waals surface area contributed by atoms with Crippen LogP contribution in [-0.4, -0.2) is 28.3 Å². The van der Waals surface area contributed by atoms with Gasteiger partial charge in [-0.2, -0.15) is 0 Å². The molecule has 1 saturated heterocycles. The Morgan fingerprint density at radius 1 is 1.13 bits per heavy atom. The molecule has 6 nitrogen and oxygen atoms in total. The predicted octanol–water partition coefficient (Wildman–Crippen LogP) is 4.95. The van der Waals surface area contributed by atoms with Crippen LogP contribution < -0.4 is 4.74 Å². The number of ether oxygens (including phenoxy) is 1. The fourth-order valence-electron chi connectivity index (χ4n) is 3.67. The summed E-state index contributed by atoms with van der Waals surface area (Å²) in [7, 11) is 0. The Kier molecular flexibility index (Phi) is 5.82. The highest BCUT2D eigenvalue weighted by molar-refractivity contribution is 6.46. The van der Waals surface area contributed by atoms with Gasteiger partial charge in [-0.25, -0.2) is 0 Å². The van der Waals surface area contributed by atoms with E-state index in [0.29, 0.717) is 34.3 Å². The molecule has 1 atom stereocenters. The van der Waals surface area contributed by atoms with E-state index in [1.165, 1.54) is 17.2 Å². The summed E-state index contributed by atoms with van der Waals surface area (Å²) in [6.45, 7) is 2.37. The lowest BCUT2D eigenvalue weighted by molar-refractivity contribution is -0.140. The predicted molar refractivity (Wildman–Crippen MR) is 116 cm³/mol. The average Bonchev–Trinajstić information content (AvgIpc) is 3.38. The van der Waals surface area contributed by atoms with Crippen molar-refractivity contribution in [1.29, 1.82) is 0 Å². The second-order valence-electron chi connectivity index (χ2n) is 7.00. The number of carbonyl (C=O) groups is 2. The highest BCUT2D eigenvalue weighted by atomic mass is 35.5. The molecule has 1 N–H and O–H groups in total. The zero-order valence-electron chi connectivity index (χ0n) is 16.7. The van der Waals surface area contributed by atoms with Crippen molar-refractivity contribution < 1.29 is 23.8 Å². The average molecular weight is 438 g/mol. The Labute approximate surface area is 184 Å².